The normalized spacial score (nSPS) is 12.4. The summed E-state index contributed by atoms with van der Waals surface area (Å²) in [6.45, 7) is 1.94. The largest absolute Gasteiger partial charge is 0.497 e. The van der Waals surface area contributed by atoms with Gasteiger partial charge in [-0.1, -0.05) is 0 Å². The number of fused-ring (bicyclic) bond motifs is 1. The maximum atomic E-state index is 11.5. The van der Waals surface area contributed by atoms with E-state index in [0.29, 0.717) is 0 Å². The van der Waals surface area contributed by atoms with Gasteiger partial charge in [0, 0.05) is 11.6 Å². The third-order valence-electron chi connectivity index (χ3n) is 2.69. The molecule has 0 amide bonds. The summed E-state index contributed by atoms with van der Waals surface area (Å²) >= 11 is 0. The first-order valence-corrected chi connectivity index (χ1v) is 5.66. The molecule has 1 heterocycles. The van der Waals surface area contributed by atoms with Crippen LogP contribution >= 0.6 is 0 Å². The van der Waals surface area contributed by atoms with E-state index in [1.807, 2.05) is 6.07 Å². The molecule has 1 N–H and O–H groups in total. The highest BCUT2D eigenvalue weighted by atomic mass is 16.5. The van der Waals surface area contributed by atoms with E-state index in [0.717, 1.165) is 16.7 Å². The number of aliphatic hydroxyl groups excluding tert-OH is 1. The van der Waals surface area contributed by atoms with Crippen molar-refractivity contribution in [2.24, 2.45) is 0 Å². The fourth-order valence-electron chi connectivity index (χ4n) is 1.81. The minimum absolute atomic E-state index is 0.239. The monoisotopic (exact) mass is 249 g/mol. The van der Waals surface area contributed by atoms with Crippen molar-refractivity contribution >= 4 is 16.9 Å². The Balaban J connectivity index is 2.37. The topological polar surface area (TPSA) is 60.7 Å². The lowest BCUT2D eigenvalue weighted by Gasteiger charge is -2.12. The molecule has 96 valence electrons. The van der Waals surface area contributed by atoms with E-state index < -0.39 is 12.2 Å². The number of nitrogens with zero attached hydrogens (tertiary/aromatic N) is 1. The molecule has 0 saturated heterocycles. The molecule has 1 atom stereocenters. The molecular weight excluding hydrogens is 234 g/mol. The van der Waals surface area contributed by atoms with Crippen LogP contribution in [0.3, 0.4) is 0 Å². The Morgan fingerprint density at radius 1 is 1.44 bits per heavy atom. The number of hydrogen-bond donors (Lipinski definition) is 1. The van der Waals surface area contributed by atoms with E-state index in [2.05, 4.69) is 0 Å². The van der Waals surface area contributed by atoms with E-state index >= 15 is 0 Å². The number of hydrogen-bond acceptors (Lipinski definition) is 4. The van der Waals surface area contributed by atoms with E-state index in [4.69, 9.17) is 9.47 Å². The molecule has 1 aromatic carbocycles. The van der Waals surface area contributed by atoms with Crippen molar-refractivity contribution in [2.75, 3.05) is 13.7 Å². The van der Waals surface area contributed by atoms with Crippen LogP contribution in [0.25, 0.3) is 10.9 Å². The minimum atomic E-state index is -1.32. The second-order valence-electron chi connectivity index (χ2n) is 3.77. The summed E-state index contributed by atoms with van der Waals surface area (Å²) in [6.07, 6.45) is 0.321. The average molecular weight is 249 g/mol. The number of benzene rings is 1. The minimum Gasteiger partial charge on any atom is -0.497 e. The van der Waals surface area contributed by atoms with E-state index in [1.165, 1.54) is 4.57 Å². The Morgan fingerprint density at radius 2 is 2.22 bits per heavy atom. The summed E-state index contributed by atoms with van der Waals surface area (Å²) in [4.78, 5) is 11.5. The molecule has 5 heteroatoms. The number of rotatable bonds is 4. The molecule has 5 nitrogen and oxygen atoms in total. The smallest absolute Gasteiger partial charge is 0.356 e. The zero-order valence-corrected chi connectivity index (χ0v) is 10.3. The van der Waals surface area contributed by atoms with Crippen LogP contribution in [-0.4, -0.2) is 29.4 Å². The molecule has 1 unspecified atom stereocenters. The first-order valence-electron chi connectivity index (χ1n) is 5.66. The molecule has 1 aromatic heterocycles. The quantitative estimate of drug-likeness (QED) is 0.838. The number of esters is 1. The van der Waals surface area contributed by atoms with Crippen LogP contribution in [0.15, 0.2) is 30.5 Å². The average Bonchev–Trinajstić information content (AvgIpc) is 2.80. The van der Waals surface area contributed by atoms with Crippen molar-refractivity contribution in [3.05, 3.63) is 30.5 Å². The molecule has 0 radical (unpaired) electrons. The SMILES string of the molecule is CCOC(=O)C(O)n1ccc2cc(OC)ccc21. The number of aliphatic hydroxyl groups is 1. The van der Waals surface area contributed by atoms with Crippen LogP contribution < -0.4 is 4.74 Å². The van der Waals surface area contributed by atoms with Gasteiger partial charge in [-0.25, -0.2) is 4.79 Å². The molecule has 0 aliphatic rings. The Kier molecular flexibility index (Phi) is 3.53. The lowest BCUT2D eigenvalue weighted by atomic mass is 10.2. The fourth-order valence-corrected chi connectivity index (χ4v) is 1.81. The Hall–Kier alpha value is -2.01. The molecule has 0 aliphatic carbocycles. The highest BCUT2D eigenvalue weighted by Gasteiger charge is 2.19. The predicted molar refractivity (Wildman–Crippen MR) is 66.4 cm³/mol. The number of ether oxygens (including phenoxy) is 2. The van der Waals surface area contributed by atoms with Gasteiger partial charge in [0.2, 0.25) is 6.23 Å². The molecule has 0 bridgehead atoms. The second kappa shape index (κ2) is 5.10. The molecule has 0 saturated carbocycles. The summed E-state index contributed by atoms with van der Waals surface area (Å²) in [6, 6.07) is 7.21. The zero-order chi connectivity index (χ0) is 13.1. The van der Waals surface area contributed by atoms with Crippen molar-refractivity contribution in [1.29, 1.82) is 0 Å². The van der Waals surface area contributed by atoms with Gasteiger partial charge in [-0.05, 0) is 31.2 Å². The predicted octanol–water partition coefficient (Wildman–Crippen LogP) is 1.70. The van der Waals surface area contributed by atoms with Gasteiger partial charge in [-0.3, -0.25) is 0 Å². The van der Waals surface area contributed by atoms with Crippen LogP contribution in [0.2, 0.25) is 0 Å². The van der Waals surface area contributed by atoms with Gasteiger partial charge >= 0.3 is 5.97 Å². The summed E-state index contributed by atoms with van der Waals surface area (Å²) in [5, 5.41) is 10.8. The molecule has 0 aliphatic heterocycles. The maximum absolute atomic E-state index is 11.5. The van der Waals surface area contributed by atoms with Crippen molar-refractivity contribution in [3.63, 3.8) is 0 Å². The zero-order valence-electron chi connectivity index (χ0n) is 10.3. The van der Waals surface area contributed by atoms with Gasteiger partial charge in [-0.15, -0.1) is 0 Å². The Morgan fingerprint density at radius 3 is 2.89 bits per heavy atom. The summed E-state index contributed by atoms with van der Waals surface area (Å²) in [5.41, 5.74) is 0.747. The van der Waals surface area contributed by atoms with Gasteiger partial charge < -0.3 is 19.1 Å². The third-order valence-corrected chi connectivity index (χ3v) is 2.69. The van der Waals surface area contributed by atoms with Gasteiger partial charge in [0.05, 0.1) is 19.2 Å². The van der Waals surface area contributed by atoms with Crippen LogP contribution in [0.5, 0.6) is 5.75 Å². The summed E-state index contributed by atoms with van der Waals surface area (Å²) in [7, 11) is 1.59. The van der Waals surface area contributed by atoms with Crippen LogP contribution in [0.1, 0.15) is 13.2 Å². The Bertz CT molecular complexity index is 561. The van der Waals surface area contributed by atoms with Crippen LogP contribution in [-0.2, 0) is 9.53 Å². The lowest BCUT2D eigenvalue weighted by Crippen LogP contribution is -2.20. The maximum Gasteiger partial charge on any atom is 0.356 e. The van der Waals surface area contributed by atoms with Crippen molar-refractivity contribution in [1.82, 2.24) is 4.57 Å². The molecule has 18 heavy (non-hydrogen) atoms. The molecule has 0 spiro atoms. The van der Waals surface area contributed by atoms with E-state index in [9.17, 15) is 9.90 Å². The summed E-state index contributed by atoms with van der Waals surface area (Å²) in [5.74, 6) is 0.0664. The standard InChI is InChI=1S/C13H15NO4/c1-3-18-13(16)12(15)14-7-6-9-8-10(17-2)4-5-11(9)14/h4-8,12,15H,3H2,1-2H3. The van der Waals surface area contributed by atoms with Gasteiger partial charge in [0.25, 0.3) is 0 Å². The molecule has 0 fully saturated rings. The first-order chi connectivity index (χ1) is 8.67. The highest BCUT2D eigenvalue weighted by molar-refractivity contribution is 5.84. The number of carbonyl (C=O) groups excluding carboxylic acids is 1. The molecular formula is C13H15NO4. The number of methoxy groups -OCH3 is 1. The van der Waals surface area contributed by atoms with Crippen molar-refractivity contribution in [2.45, 2.75) is 13.2 Å². The number of carbonyl (C=O) groups is 1. The van der Waals surface area contributed by atoms with Crippen LogP contribution in [0, 0.1) is 0 Å². The molecule has 2 aromatic rings. The van der Waals surface area contributed by atoms with Gasteiger partial charge in [0.1, 0.15) is 5.75 Å². The van der Waals surface area contributed by atoms with Crippen molar-refractivity contribution < 1.29 is 19.4 Å². The second-order valence-corrected chi connectivity index (χ2v) is 3.77. The fraction of sp³-hybridized carbons (Fsp3) is 0.308. The number of aromatic nitrogens is 1. The van der Waals surface area contributed by atoms with Gasteiger partial charge in [-0.2, -0.15) is 0 Å². The van der Waals surface area contributed by atoms with Gasteiger partial charge in [0.15, 0.2) is 0 Å². The lowest BCUT2D eigenvalue weighted by molar-refractivity contribution is -0.157. The highest BCUT2D eigenvalue weighted by Crippen LogP contribution is 2.24. The van der Waals surface area contributed by atoms with E-state index in [-0.39, 0.29) is 6.61 Å². The Labute approximate surface area is 105 Å². The van der Waals surface area contributed by atoms with Crippen molar-refractivity contribution in [3.8, 4) is 5.75 Å². The van der Waals surface area contributed by atoms with E-state index in [1.54, 1.807) is 38.4 Å². The summed E-state index contributed by atoms with van der Waals surface area (Å²) < 4.78 is 11.4. The first kappa shape index (κ1) is 12.4. The third kappa shape index (κ3) is 2.17. The van der Waals surface area contributed by atoms with Crippen LogP contribution in [0.4, 0.5) is 0 Å². The molecule has 2 rings (SSSR count).